The number of aromatic nitrogens is 3. The van der Waals surface area contributed by atoms with Crippen molar-refractivity contribution in [2.45, 2.75) is 6.54 Å². The van der Waals surface area contributed by atoms with Crippen molar-refractivity contribution in [2.75, 3.05) is 5.32 Å². The van der Waals surface area contributed by atoms with Crippen LogP contribution in [0.1, 0.15) is 15.9 Å². The first kappa shape index (κ1) is 12.1. The van der Waals surface area contributed by atoms with Gasteiger partial charge in [-0.3, -0.25) is 14.3 Å². The molecule has 0 atom stereocenters. The number of nitrogens with two attached hydrogens (primary N) is 1. The number of anilines is 1. The molecule has 0 aliphatic heterocycles. The number of hydrogen-bond donors (Lipinski definition) is 3. The van der Waals surface area contributed by atoms with Crippen molar-refractivity contribution in [1.29, 1.82) is 0 Å². The van der Waals surface area contributed by atoms with E-state index in [1.54, 1.807) is 17.9 Å². The van der Waals surface area contributed by atoms with Crippen LogP contribution in [-0.2, 0) is 13.6 Å². The third-order valence-electron chi connectivity index (χ3n) is 2.40. The highest BCUT2D eigenvalue weighted by atomic mass is 16.2. The molecule has 7 heteroatoms. The SMILES string of the molecule is Cn1cc(CN)c(NC(=O)c2ccc(=O)[nH]c2)n1. The lowest BCUT2D eigenvalue weighted by atomic mass is 10.2. The Hall–Kier alpha value is -2.41. The van der Waals surface area contributed by atoms with Gasteiger partial charge in [0.25, 0.3) is 5.91 Å². The fourth-order valence-corrected chi connectivity index (χ4v) is 1.52. The Labute approximate surface area is 103 Å². The average Bonchev–Trinajstić information content (AvgIpc) is 2.70. The van der Waals surface area contributed by atoms with Crippen LogP contribution >= 0.6 is 0 Å². The first-order valence-corrected chi connectivity index (χ1v) is 5.33. The topological polar surface area (TPSA) is 106 Å². The van der Waals surface area contributed by atoms with E-state index in [1.165, 1.54) is 18.3 Å². The molecule has 4 N–H and O–H groups in total. The molecule has 0 bridgehead atoms. The van der Waals surface area contributed by atoms with Gasteiger partial charge in [-0.1, -0.05) is 0 Å². The van der Waals surface area contributed by atoms with Gasteiger partial charge in [0.05, 0.1) is 5.56 Å². The van der Waals surface area contributed by atoms with Crippen LogP contribution in [0.25, 0.3) is 0 Å². The van der Waals surface area contributed by atoms with Crippen molar-refractivity contribution >= 4 is 11.7 Å². The lowest BCUT2D eigenvalue weighted by molar-refractivity contribution is 0.102. The molecule has 0 saturated heterocycles. The number of carbonyl (C=O) groups excluding carboxylic acids is 1. The van der Waals surface area contributed by atoms with Gasteiger partial charge in [-0.2, -0.15) is 5.10 Å². The highest BCUT2D eigenvalue weighted by Gasteiger charge is 2.11. The van der Waals surface area contributed by atoms with E-state index in [-0.39, 0.29) is 18.0 Å². The van der Waals surface area contributed by atoms with Gasteiger partial charge in [0.1, 0.15) is 0 Å². The minimum absolute atomic E-state index is 0.257. The number of carbonyl (C=O) groups is 1. The zero-order valence-electron chi connectivity index (χ0n) is 9.80. The highest BCUT2D eigenvalue weighted by molar-refractivity contribution is 6.03. The molecule has 94 valence electrons. The van der Waals surface area contributed by atoms with Crippen LogP contribution in [0.5, 0.6) is 0 Å². The summed E-state index contributed by atoms with van der Waals surface area (Å²) in [4.78, 5) is 25.2. The molecule has 0 saturated carbocycles. The van der Waals surface area contributed by atoms with Crippen molar-refractivity contribution in [2.24, 2.45) is 12.8 Å². The van der Waals surface area contributed by atoms with E-state index < -0.39 is 0 Å². The molecule has 2 rings (SSSR count). The minimum atomic E-state index is -0.348. The van der Waals surface area contributed by atoms with Crippen molar-refractivity contribution in [3.8, 4) is 0 Å². The summed E-state index contributed by atoms with van der Waals surface area (Å²) in [5.41, 5.74) is 6.38. The zero-order chi connectivity index (χ0) is 13.1. The highest BCUT2D eigenvalue weighted by Crippen LogP contribution is 2.12. The number of H-pyrrole nitrogens is 1. The van der Waals surface area contributed by atoms with Crippen LogP contribution in [0.15, 0.2) is 29.3 Å². The van der Waals surface area contributed by atoms with Crippen LogP contribution in [0, 0.1) is 0 Å². The molecule has 2 aromatic rings. The van der Waals surface area contributed by atoms with E-state index in [9.17, 15) is 9.59 Å². The molecular weight excluding hydrogens is 234 g/mol. The van der Waals surface area contributed by atoms with E-state index in [0.29, 0.717) is 11.4 Å². The van der Waals surface area contributed by atoms with Crippen LogP contribution < -0.4 is 16.6 Å². The summed E-state index contributed by atoms with van der Waals surface area (Å²) >= 11 is 0. The van der Waals surface area contributed by atoms with Gasteiger partial charge in [0.15, 0.2) is 5.82 Å². The van der Waals surface area contributed by atoms with E-state index >= 15 is 0 Å². The lowest BCUT2D eigenvalue weighted by Gasteiger charge is -2.03. The number of aromatic amines is 1. The summed E-state index contributed by atoms with van der Waals surface area (Å²) in [5, 5.41) is 6.74. The molecular formula is C11H13N5O2. The van der Waals surface area contributed by atoms with Crippen LogP contribution in [0.4, 0.5) is 5.82 Å². The fraction of sp³-hybridized carbons (Fsp3) is 0.182. The van der Waals surface area contributed by atoms with Gasteiger partial charge < -0.3 is 16.0 Å². The maximum absolute atomic E-state index is 11.9. The van der Waals surface area contributed by atoms with Gasteiger partial charge in [0.2, 0.25) is 5.56 Å². The van der Waals surface area contributed by atoms with Gasteiger partial charge in [-0.15, -0.1) is 0 Å². The molecule has 18 heavy (non-hydrogen) atoms. The standard InChI is InChI=1S/C11H13N5O2/c1-16-6-8(4-12)10(15-16)14-11(18)7-2-3-9(17)13-5-7/h2-3,5-6H,4,12H2,1H3,(H,13,17)(H,14,15,18). The molecule has 2 heterocycles. The molecule has 2 aromatic heterocycles. The molecule has 0 aliphatic rings. The molecule has 0 spiro atoms. The van der Waals surface area contributed by atoms with Crippen LogP contribution in [-0.4, -0.2) is 20.7 Å². The molecule has 1 amide bonds. The second-order valence-electron chi connectivity index (χ2n) is 3.78. The summed E-state index contributed by atoms with van der Waals surface area (Å²) in [6.07, 6.45) is 3.09. The lowest BCUT2D eigenvalue weighted by Crippen LogP contribution is -2.16. The largest absolute Gasteiger partial charge is 0.328 e. The molecule has 0 aromatic carbocycles. The first-order valence-electron chi connectivity index (χ1n) is 5.33. The van der Waals surface area contributed by atoms with Gasteiger partial charge >= 0.3 is 0 Å². The summed E-state index contributed by atoms with van der Waals surface area (Å²) in [6.45, 7) is 0.287. The fourth-order valence-electron chi connectivity index (χ4n) is 1.52. The second-order valence-corrected chi connectivity index (χ2v) is 3.78. The Morgan fingerprint density at radius 2 is 2.33 bits per heavy atom. The second kappa shape index (κ2) is 4.84. The summed E-state index contributed by atoms with van der Waals surface area (Å²) in [7, 11) is 1.74. The summed E-state index contributed by atoms with van der Waals surface area (Å²) in [5.74, 6) is 0.0795. The monoisotopic (exact) mass is 247 g/mol. The first-order chi connectivity index (χ1) is 8.60. The maximum atomic E-state index is 11.9. The quantitative estimate of drug-likeness (QED) is 0.699. The number of amides is 1. The predicted molar refractivity (Wildman–Crippen MR) is 66.1 cm³/mol. The number of aryl methyl sites for hydroxylation is 1. The molecule has 0 unspecified atom stereocenters. The molecule has 0 fully saturated rings. The third kappa shape index (κ3) is 2.46. The zero-order valence-corrected chi connectivity index (χ0v) is 9.80. The van der Waals surface area contributed by atoms with Gasteiger partial charge in [-0.25, -0.2) is 0 Å². The van der Waals surface area contributed by atoms with Gasteiger partial charge in [-0.05, 0) is 6.07 Å². The Morgan fingerprint density at radius 1 is 1.56 bits per heavy atom. The van der Waals surface area contributed by atoms with Crippen molar-refractivity contribution in [1.82, 2.24) is 14.8 Å². The predicted octanol–water partition coefficient (Wildman–Crippen LogP) is -0.181. The van der Waals surface area contributed by atoms with Crippen molar-refractivity contribution in [3.63, 3.8) is 0 Å². The van der Waals surface area contributed by atoms with Crippen LogP contribution in [0.2, 0.25) is 0 Å². The van der Waals surface area contributed by atoms with Crippen molar-refractivity contribution in [3.05, 3.63) is 46.0 Å². The number of pyridine rings is 1. The Balaban J connectivity index is 2.20. The smallest absolute Gasteiger partial charge is 0.258 e. The van der Waals surface area contributed by atoms with Gasteiger partial charge in [0, 0.05) is 37.6 Å². The third-order valence-corrected chi connectivity index (χ3v) is 2.40. The molecule has 7 nitrogen and oxygen atoms in total. The van der Waals surface area contributed by atoms with Crippen molar-refractivity contribution < 1.29 is 4.79 Å². The van der Waals surface area contributed by atoms with E-state index in [2.05, 4.69) is 15.4 Å². The Kier molecular flexibility index (Phi) is 3.24. The van der Waals surface area contributed by atoms with E-state index in [0.717, 1.165) is 5.56 Å². The normalized spacial score (nSPS) is 10.3. The number of nitrogens with one attached hydrogen (secondary N) is 2. The Morgan fingerprint density at radius 3 is 2.94 bits per heavy atom. The Bertz CT molecular complexity index is 608. The van der Waals surface area contributed by atoms with E-state index in [4.69, 9.17) is 5.73 Å². The summed E-state index contributed by atoms with van der Waals surface area (Å²) in [6, 6.07) is 2.73. The molecule has 0 aliphatic carbocycles. The number of rotatable bonds is 3. The average molecular weight is 247 g/mol. The minimum Gasteiger partial charge on any atom is -0.328 e. The summed E-state index contributed by atoms with van der Waals surface area (Å²) < 4.78 is 1.57. The number of hydrogen-bond acceptors (Lipinski definition) is 4. The number of nitrogens with zero attached hydrogens (tertiary/aromatic N) is 2. The van der Waals surface area contributed by atoms with Crippen LogP contribution in [0.3, 0.4) is 0 Å². The molecule has 0 radical (unpaired) electrons. The maximum Gasteiger partial charge on any atom is 0.258 e. The van der Waals surface area contributed by atoms with E-state index in [1.807, 2.05) is 0 Å².